The van der Waals surface area contributed by atoms with Gasteiger partial charge >= 0.3 is 0 Å². The van der Waals surface area contributed by atoms with Gasteiger partial charge in [-0.25, -0.2) is 8.42 Å². The van der Waals surface area contributed by atoms with Gasteiger partial charge in [-0.3, -0.25) is 4.98 Å². The third-order valence-electron chi connectivity index (χ3n) is 3.95. The molecule has 2 rings (SSSR count). The Morgan fingerprint density at radius 3 is 2.29 bits per heavy atom. The molecule has 0 aliphatic carbocycles. The third-order valence-corrected chi connectivity index (χ3v) is 5.98. The Morgan fingerprint density at radius 2 is 1.75 bits per heavy atom. The lowest BCUT2D eigenvalue weighted by Gasteiger charge is -2.18. The Bertz CT molecular complexity index is 765. The molecular weight excluding hydrogens is 320 g/mol. The molecule has 0 N–H and O–H groups in total. The van der Waals surface area contributed by atoms with Crippen molar-refractivity contribution in [2.45, 2.75) is 31.6 Å². The van der Waals surface area contributed by atoms with E-state index in [9.17, 15) is 8.42 Å². The number of benzene rings is 1. The number of nitrogens with zero attached hydrogens (tertiary/aromatic N) is 2. The third kappa shape index (κ3) is 4.30. The van der Waals surface area contributed by atoms with Crippen molar-refractivity contribution >= 4 is 16.1 Å². The van der Waals surface area contributed by atoms with Gasteiger partial charge in [-0.05, 0) is 17.7 Å². The molecule has 4 nitrogen and oxygen atoms in total. The van der Waals surface area contributed by atoms with Crippen LogP contribution in [0.15, 0.2) is 59.6 Å². The number of rotatable bonds is 7. The van der Waals surface area contributed by atoms with Crippen molar-refractivity contribution in [2.24, 2.45) is 0 Å². The average Bonchev–Trinajstić information content (AvgIpc) is 2.61. The fraction of sp³-hybridized carbons (Fsp3) is 0.316. The van der Waals surface area contributed by atoms with Gasteiger partial charge in [0.1, 0.15) is 4.90 Å². The largest absolute Gasteiger partial charge is 0.259 e. The van der Waals surface area contributed by atoms with Crippen LogP contribution >= 0.6 is 0 Å². The highest BCUT2D eigenvalue weighted by atomic mass is 32.2. The second-order valence-corrected chi connectivity index (χ2v) is 7.50. The lowest BCUT2D eigenvalue weighted by molar-refractivity contribution is 0.445. The van der Waals surface area contributed by atoms with Crippen molar-refractivity contribution in [1.29, 1.82) is 0 Å². The number of pyridine rings is 1. The molecule has 0 spiro atoms. The maximum Gasteiger partial charge on any atom is 0.244 e. The normalized spacial score (nSPS) is 13.5. The fourth-order valence-corrected chi connectivity index (χ4v) is 3.85. The van der Waals surface area contributed by atoms with Gasteiger partial charge in [0, 0.05) is 30.9 Å². The van der Waals surface area contributed by atoms with Crippen molar-refractivity contribution < 1.29 is 8.42 Å². The molecule has 1 heterocycles. The topological polar surface area (TPSA) is 50.3 Å². The summed E-state index contributed by atoms with van der Waals surface area (Å²) in [4.78, 5) is 4.60. The van der Waals surface area contributed by atoms with E-state index in [4.69, 9.17) is 0 Å². The van der Waals surface area contributed by atoms with Crippen LogP contribution in [-0.2, 0) is 10.0 Å². The Hall–Kier alpha value is -1.98. The number of aromatic nitrogens is 1. The molecule has 0 fully saturated rings. The van der Waals surface area contributed by atoms with Gasteiger partial charge in [0.05, 0.1) is 0 Å². The maximum atomic E-state index is 12.5. The minimum Gasteiger partial charge on any atom is -0.259 e. The molecule has 0 saturated heterocycles. The highest BCUT2D eigenvalue weighted by Crippen LogP contribution is 2.19. The summed E-state index contributed by atoms with van der Waals surface area (Å²) in [7, 11) is -3.45. The Morgan fingerprint density at radius 1 is 1.08 bits per heavy atom. The molecule has 0 saturated carbocycles. The molecule has 1 aromatic carbocycles. The number of hydrogen-bond acceptors (Lipinski definition) is 3. The van der Waals surface area contributed by atoms with E-state index in [1.807, 2.05) is 57.2 Å². The van der Waals surface area contributed by atoms with Crippen molar-refractivity contribution in [3.05, 3.63) is 66.0 Å². The van der Waals surface area contributed by atoms with Gasteiger partial charge in [0.2, 0.25) is 10.0 Å². The summed E-state index contributed by atoms with van der Waals surface area (Å²) in [6, 6.07) is 13.5. The first kappa shape index (κ1) is 18.4. The summed E-state index contributed by atoms with van der Waals surface area (Å²) in [6.07, 6.45) is 5.57. The van der Waals surface area contributed by atoms with Crippen LogP contribution in [0.4, 0.5) is 0 Å². The van der Waals surface area contributed by atoms with Crippen LogP contribution in [0.2, 0.25) is 0 Å². The van der Waals surface area contributed by atoms with Crippen LogP contribution in [0, 0.1) is 0 Å². The highest BCUT2D eigenvalue weighted by Gasteiger charge is 2.21. The summed E-state index contributed by atoms with van der Waals surface area (Å²) in [5.41, 5.74) is 1.98. The molecule has 0 aliphatic rings. The smallest absolute Gasteiger partial charge is 0.244 e. The lowest BCUT2D eigenvalue weighted by atomic mass is 10.1. The van der Waals surface area contributed by atoms with Crippen LogP contribution in [-0.4, -0.2) is 30.8 Å². The molecule has 1 atom stereocenters. The zero-order valence-corrected chi connectivity index (χ0v) is 15.2. The van der Waals surface area contributed by atoms with E-state index < -0.39 is 10.0 Å². The van der Waals surface area contributed by atoms with Crippen molar-refractivity contribution in [1.82, 2.24) is 9.29 Å². The Balaban J connectivity index is 2.16. The molecule has 2 aromatic rings. The first-order valence-corrected chi connectivity index (χ1v) is 9.62. The average molecular weight is 344 g/mol. The van der Waals surface area contributed by atoms with E-state index in [1.165, 1.54) is 10.5 Å². The fourth-order valence-electron chi connectivity index (χ4n) is 2.44. The first-order valence-electron chi connectivity index (χ1n) is 8.18. The summed E-state index contributed by atoms with van der Waals surface area (Å²) < 4.78 is 26.3. The lowest BCUT2D eigenvalue weighted by Crippen LogP contribution is -2.30. The van der Waals surface area contributed by atoms with Gasteiger partial charge in [0.25, 0.3) is 0 Å². The molecule has 0 unspecified atom stereocenters. The Labute approximate surface area is 144 Å². The SMILES string of the molecule is CCN(CC)S(=O)(=O)c1ccc([C@H](C)/C=C/c2ccccc2)nc1. The van der Waals surface area contributed by atoms with Gasteiger partial charge in [-0.1, -0.05) is 63.3 Å². The van der Waals surface area contributed by atoms with E-state index in [0.717, 1.165) is 11.3 Å². The van der Waals surface area contributed by atoms with E-state index in [2.05, 4.69) is 11.1 Å². The Kier molecular flexibility index (Phi) is 6.29. The second-order valence-electron chi connectivity index (χ2n) is 5.57. The minimum absolute atomic E-state index is 0.107. The maximum absolute atomic E-state index is 12.5. The summed E-state index contributed by atoms with van der Waals surface area (Å²) in [5.74, 6) is 0.107. The summed E-state index contributed by atoms with van der Waals surface area (Å²) in [5, 5.41) is 0. The molecule has 5 heteroatoms. The molecule has 128 valence electrons. The number of sulfonamides is 1. The van der Waals surface area contributed by atoms with Crippen LogP contribution in [0.25, 0.3) is 6.08 Å². The molecule has 24 heavy (non-hydrogen) atoms. The van der Waals surface area contributed by atoms with E-state index in [-0.39, 0.29) is 10.8 Å². The van der Waals surface area contributed by atoms with Crippen LogP contribution in [0.3, 0.4) is 0 Å². The van der Waals surface area contributed by atoms with Crippen LogP contribution in [0.1, 0.15) is 37.9 Å². The molecule has 0 radical (unpaired) electrons. The van der Waals surface area contributed by atoms with Gasteiger partial charge < -0.3 is 0 Å². The van der Waals surface area contributed by atoms with Crippen LogP contribution in [0.5, 0.6) is 0 Å². The summed E-state index contributed by atoms with van der Waals surface area (Å²) in [6.45, 7) is 6.62. The predicted molar refractivity (Wildman–Crippen MR) is 98.2 cm³/mol. The van der Waals surface area contributed by atoms with Crippen molar-refractivity contribution in [3.63, 3.8) is 0 Å². The highest BCUT2D eigenvalue weighted by molar-refractivity contribution is 7.89. The van der Waals surface area contributed by atoms with E-state index >= 15 is 0 Å². The van der Waals surface area contributed by atoms with E-state index in [1.54, 1.807) is 12.1 Å². The first-order chi connectivity index (χ1) is 11.5. The molecular formula is C19H24N2O2S. The number of allylic oxidation sites excluding steroid dienone is 1. The van der Waals surface area contributed by atoms with Crippen LogP contribution < -0.4 is 0 Å². The standard InChI is InChI=1S/C19H24N2O2S/c1-4-21(5-2)24(22,23)18-13-14-19(20-15-18)16(3)11-12-17-9-7-6-8-10-17/h6-16H,4-5H2,1-3H3/b12-11+/t16-/m1/s1. The second kappa shape index (κ2) is 8.22. The molecule has 0 amide bonds. The predicted octanol–water partition coefficient (Wildman–Crippen LogP) is 3.93. The molecule has 0 bridgehead atoms. The van der Waals surface area contributed by atoms with Gasteiger partial charge in [-0.15, -0.1) is 0 Å². The molecule has 0 aliphatic heterocycles. The quantitative estimate of drug-likeness (QED) is 0.765. The minimum atomic E-state index is -3.45. The van der Waals surface area contributed by atoms with Crippen molar-refractivity contribution in [3.8, 4) is 0 Å². The van der Waals surface area contributed by atoms with Gasteiger partial charge in [0.15, 0.2) is 0 Å². The molecule has 1 aromatic heterocycles. The zero-order valence-electron chi connectivity index (χ0n) is 14.4. The number of hydrogen-bond donors (Lipinski definition) is 0. The van der Waals surface area contributed by atoms with Crippen molar-refractivity contribution in [2.75, 3.05) is 13.1 Å². The summed E-state index contributed by atoms with van der Waals surface area (Å²) >= 11 is 0. The van der Waals surface area contributed by atoms with Gasteiger partial charge in [-0.2, -0.15) is 4.31 Å². The monoisotopic (exact) mass is 344 g/mol. The zero-order chi connectivity index (χ0) is 17.6. The van der Waals surface area contributed by atoms with E-state index in [0.29, 0.717) is 13.1 Å².